The average molecular weight is 341 g/mol. The summed E-state index contributed by atoms with van der Waals surface area (Å²) in [5.41, 5.74) is 1.17. The van der Waals surface area contributed by atoms with Crippen molar-refractivity contribution in [1.29, 1.82) is 0 Å². The summed E-state index contributed by atoms with van der Waals surface area (Å²) in [5.74, 6) is 1.70. The van der Waals surface area contributed by atoms with Crippen LogP contribution in [0.3, 0.4) is 0 Å². The molecule has 1 aromatic carbocycles. The maximum Gasteiger partial charge on any atom is 0.224 e. The Balaban J connectivity index is 1.37. The molecular formula is C19H27N5O. The van der Waals surface area contributed by atoms with Crippen molar-refractivity contribution in [3.05, 3.63) is 48.3 Å². The fourth-order valence-electron chi connectivity index (χ4n) is 2.90. The third-order valence-electron chi connectivity index (χ3n) is 4.38. The van der Waals surface area contributed by atoms with Crippen LogP contribution in [0, 0.1) is 0 Å². The lowest BCUT2D eigenvalue weighted by molar-refractivity contribution is 0.112. The lowest BCUT2D eigenvalue weighted by atomic mass is 10.2. The molecule has 2 aromatic rings. The van der Waals surface area contributed by atoms with Gasteiger partial charge >= 0.3 is 0 Å². The molecule has 6 heteroatoms. The quantitative estimate of drug-likeness (QED) is 0.764. The van der Waals surface area contributed by atoms with Crippen molar-refractivity contribution in [1.82, 2.24) is 19.8 Å². The summed E-state index contributed by atoms with van der Waals surface area (Å²) in [4.78, 5) is 15.6. The van der Waals surface area contributed by atoms with Gasteiger partial charge in [0.1, 0.15) is 12.4 Å². The molecule has 0 bridgehead atoms. The highest BCUT2D eigenvalue weighted by molar-refractivity contribution is 5.26. The Morgan fingerprint density at radius 1 is 0.960 bits per heavy atom. The molecule has 1 saturated heterocycles. The van der Waals surface area contributed by atoms with Crippen LogP contribution in [0.25, 0.3) is 0 Å². The summed E-state index contributed by atoms with van der Waals surface area (Å²) in [5, 5.41) is 0. The van der Waals surface area contributed by atoms with Gasteiger partial charge in [-0.15, -0.1) is 0 Å². The topological polar surface area (TPSA) is 44.7 Å². The molecule has 0 saturated carbocycles. The number of nitrogens with zero attached hydrogens (tertiary/aromatic N) is 5. The van der Waals surface area contributed by atoms with Crippen LogP contribution in [0.5, 0.6) is 5.75 Å². The number of ether oxygens (including phenoxy) is 1. The molecule has 1 aliphatic rings. The number of hydrogen-bond acceptors (Lipinski definition) is 6. The molecular weight excluding hydrogens is 314 g/mol. The van der Waals surface area contributed by atoms with Crippen molar-refractivity contribution in [3.63, 3.8) is 0 Å². The summed E-state index contributed by atoms with van der Waals surface area (Å²) in [7, 11) is 3.91. The Kier molecular flexibility index (Phi) is 6.19. The second-order valence-corrected chi connectivity index (χ2v) is 6.57. The second-order valence-electron chi connectivity index (χ2n) is 6.57. The summed E-state index contributed by atoms with van der Waals surface area (Å²) < 4.78 is 5.79. The number of piperazine rings is 1. The van der Waals surface area contributed by atoms with E-state index in [0.717, 1.165) is 57.6 Å². The largest absolute Gasteiger partial charge is 0.492 e. The van der Waals surface area contributed by atoms with Gasteiger partial charge in [0, 0.05) is 71.3 Å². The van der Waals surface area contributed by atoms with Gasteiger partial charge in [0.15, 0.2) is 0 Å². The first-order valence-corrected chi connectivity index (χ1v) is 8.81. The van der Waals surface area contributed by atoms with Crippen molar-refractivity contribution >= 4 is 5.95 Å². The first kappa shape index (κ1) is 17.6. The Bertz CT molecular complexity index is 624. The van der Waals surface area contributed by atoms with Gasteiger partial charge in [-0.1, -0.05) is 18.2 Å². The van der Waals surface area contributed by atoms with Crippen LogP contribution in [0.2, 0.25) is 0 Å². The number of anilines is 1. The maximum atomic E-state index is 5.79. The minimum atomic E-state index is 0.740. The van der Waals surface area contributed by atoms with E-state index in [0.29, 0.717) is 0 Å². The van der Waals surface area contributed by atoms with E-state index in [1.54, 1.807) is 0 Å². The summed E-state index contributed by atoms with van der Waals surface area (Å²) in [6, 6.07) is 10.0. The van der Waals surface area contributed by atoms with Crippen molar-refractivity contribution in [3.8, 4) is 5.75 Å². The molecule has 1 fully saturated rings. The van der Waals surface area contributed by atoms with E-state index < -0.39 is 0 Å². The molecule has 0 atom stereocenters. The van der Waals surface area contributed by atoms with Gasteiger partial charge in [0.05, 0.1) is 0 Å². The number of rotatable bonds is 7. The van der Waals surface area contributed by atoms with E-state index in [4.69, 9.17) is 4.74 Å². The molecule has 25 heavy (non-hydrogen) atoms. The summed E-state index contributed by atoms with van der Waals surface area (Å²) in [6.07, 6.45) is 3.87. The Morgan fingerprint density at radius 3 is 2.24 bits per heavy atom. The zero-order valence-electron chi connectivity index (χ0n) is 15.1. The van der Waals surface area contributed by atoms with E-state index >= 15 is 0 Å². The number of para-hydroxylation sites is 1. The zero-order valence-corrected chi connectivity index (χ0v) is 15.1. The predicted octanol–water partition coefficient (Wildman–Crippen LogP) is 1.74. The van der Waals surface area contributed by atoms with Gasteiger partial charge in [-0.05, 0) is 12.1 Å². The second kappa shape index (κ2) is 8.78. The minimum Gasteiger partial charge on any atom is -0.492 e. The number of benzene rings is 1. The van der Waals surface area contributed by atoms with Crippen molar-refractivity contribution in [2.75, 3.05) is 58.3 Å². The Hall–Kier alpha value is -2.18. The normalized spacial score (nSPS) is 15.9. The first-order chi connectivity index (χ1) is 12.2. The average Bonchev–Trinajstić information content (AvgIpc) is 2.64. The lowest BCUT2D eigenvalue weighted by Gasteiger charge is -2.34. The molecule has 3 rings (SSSR count). The standard InChI is InChI=1S/C19H27N5O/c1-22(2)19-20-14-17(15-21-19)16-24-10-8-23(9-11-24)12-13-25-18-6-4-3-5-7-18/h3-7,14-15H,8-13,16H2,1-2H3. The van der Waals surface area contributed by atoms with E-state index in [1.807, 2.05) is 61.7 Å². The van der Waals surface area contributed by atoms with Gasteiger partial charge in [0.25, 0.3) is 0 Å². The van der Waals surface area contributed by atoms with E-state index in [9.17, 15) is 0 Å². The number of aromatic nitrogens is 2. The van der Waals surface area contributed by atoms with E-state index in [-0.39, 0.29) is 0 Å². The van der Waals surface area contributed by atoms with Crippen LogP contribution in [-0.4, -0.2) is 73.2 Å². The van der Waals surface area contributed by atoms with Crippen LogP contribution >= 0.6 is 0 Å². The van der Waals surface area contributed by atoms with Gasteiger partial charge in [-0.25, -0.2) is 9.97 Å². The molecule has 1 aliphatic heterocycles. The van der Waals surface area contributed by atoms with Gasteiger partial charge in [-0.2, -0.15) is 0 Å². The van der Waals surface area contributed by atoms with E-state index in [2.05, 4.69) is 19.8 Å². The predicted molar refractivity (Wildman–Crippen MR) is 100 cm³/mol. The molecule has 0 unspecified atom stereocenters. The van der Waals surface area contributed by atoms with E-state index in [1.165, 1.54) is 5.56 Å². The molecule has 6 nitrogen and oxygen atoms in total. The smallest absolute Gasteiger partial charge is 0.224 e. The van der Waals surface area contributed by atoms with Crippen LogP contribution in [0.1, 0.15) is 5.56 Å². The molecule has 134 valence electrons. The molecule has 0 aliphatic carbocycles. The maximum absolute atomic E-state index is 5.79. The van der Waals surface area contributed by atoms with Crippen LogP contribution in [0.15, 0.2) is 42.7 Å². The third-order valence-corrected chi connectivity index (χ3v) is 4.38. The molecule has 0 N–H and O–H groups in total. The Morgan fingerprint density at radius 2 is 1.60 bits per heavy atom. The van der Waals surface area contributed by atoms with Gasteiger partial charge in [-0.3, -0.25) is 9.80 Å². The molecule has 2 heterocycles. The van der Waals surface area contributed by atoms with Gasteiger partial charge in [0.2, 0.25) is 5.95 Å². The third kappa shape index (κ3) is 5.41. The fourth-order valence-corrected chi connectivity index (χ4v) is 2.90. The molecule has 1 aromatic heterocycles. The first-order valence-electron chi connectivity index (χ1n) is 8.81. The fraction of sp³-hybridized carbons (Fsp3) is 0.474. The van der Waals surface area contributed by atoms with Crippen LogP contribution < -0.4 is 9.64 Å². The Labute approximate surface area is 150 Å². The van der Waals surface area contributed by atoms with Crippen molar-refractivity contribution in [2.45, 2.75) is 6.54 Å². The SMILES string of the molecule is CN(C)c1ncc(CN2CCN(CCOc3ccccc3)CC2)cn1. The monoisotopic (exact) mass is 341 g/mol. The summed E-state index contributed by atoms with van der Waals surface area (Å²) >= 11 is 0. The number of hydrogen-bond donors (Lipinski definition) is 0. The minimum absolute atomic E-state index is 0.740. The molecule has 0 radical (unpaired) electrons. The lowest BCUT2D eigenvalue weighted by Crippen LogP contribution is -2.47. The summed E-state index contributed by atoms with van der Waals surface area (Å²) in [6.45, 7) is 6.93. The zero-order chi connectivity index (χ0) is 17.5. The highest BCUT2D eigenvalue weighted by Gasteiger charge is 2.17. The van der Waals surface area contributed by atoms with Gasteiger partial charge < -0.3 is 9.64 Å². The van der Waals surface area contributed by atoms with Crippen molar-refractivity contribution < 1.29 is 4.74 Å². The highest BCUT2D eigenvalue weighted by atomic mass is 16.5. The molecule has 0 amide bonds. The van der Waals surface area contributed by atoms with Crippen LogP contribution in [0.4, 0.5) is 5.95 Å². The molecule has 0 spiro atoms. The van der Waals surface area contributed by atoms with Crippen LogP contribution in [-0.2, 0) is 6.54 Å². The van der Waals surface area contributed by atoms with Crippen molar-refractivity contribution in [2.24, 2.45) is 0 Å². The highest BCUT2D eigenvalue weighted by Crippen LogP contribution is 2.10.